The number of amides is 1. The van der Waals surface area contributed by atoms with Crippen molar-refractivity contribution in [3.63, 3.8) is 0 Å². The van der Waals surface area contributed by atoms with Gasteiger partial charge < -0.3 is 10.1 Å². The van der Waals surface area contributed by atoms with Crippen molar-refractivity contribution in [2.24, 2.45) is 0 Å². The van der Waals surface area contributed by atoms with E-state index in [0.717, 1.165) is 11.3 Å². The zero-order chi connectivity index (χ0) is 15.2. The lowest BCUT2D eigenvalue weighted by atomic mass is 10.2. The molecule has 1 aromatic heterocycles. The first kappa shape index (κ1) is 14.7. The number of ketones is 1. The van der Waals surface area contributed by atoms with Crippen molar-refractivity contribution in [2.75, 3.05) is 5.32 Å². The third-order valence-electron chi connectivity index (χ3n) is 2.77. The maximum absolute atomic E-state index is 11.4. The van der Waals surface area contributed by atoms with Crippen molar-refractivity contribution in [1.82, 2.24) is 4.98 Å². The Hall–Kier alpha value is -2.69. The molecule has 21 heavy (non-hydrogen) atoms. The van der Waals surface area contributed by atoms with Crippen LogP contribution in [0, 0.1) is 0 Å². The lowest BCUT2D eigenvalue weighted by Crippen LogP contribution is -2.06. The van der Waals surface area contributed by atoms with E-state index < -0.39 is 0 Å². The van der Waals surface area contributed by atoms with Gasteiger partial charge in [-0.1, -0.05) is 12.1 Å². The van der Waals surface area contributed by atoms with Crippen molar-refractivity contribution in [3.05, 3.63) is 53.9 Å². The van der Waals surface area contributed by atoms with Crippen molar-refractivity contribution >= 4 is 17.4 Å². The van der Waals surface area contributed by atoms with Gasteiger partial charge in [-0.2, -0.15) is 0 Å². The quantitative estimate of drug-likeness (QED) is 0.857. The lowest BCUT2D eigenvalue weighted by molar-refractivity contribution is -0.114. The molecule has 1 amide bonds. The molecule has 5 nitrogen and oxygen atoms in total. The van der Waals surface area contributed by atoms with Gasteiger partial charge in [0.1, 0.15) is 18.1 Å². The topological polar surface area (TPSA) is 68.3 Å². The molecule has 1 heterocycles. The maximum atomic E-state index is 11.4. The summed E-state index contributed by atoms with van der Waals surface area (Å²) in [6, 6.07) is 10.8. The lowest BCUT2D eigenvalue weighted by Gasteiger charge is -2.09. The van der Waals surface area contributed by atoms with Crippen LogP contribution < -0.4 is 10.1 Å². The molecular formula is C16H16N2O3. The molecule has 5 heteroatoms. The normalized spacial score (nSPS) is 10.0. The molecule has 0 bridgehead atoms. The molecule has 1 N–H and O–H groups in total. The third kappa shape index (κ3) is 4.14. The number of rotatable bonds is 5. The van der Waals surface area contributed by atoms with E-state index in [2.05, 4.69) is 10.3 Å². The van der Waals surface area contributed by atoms with Gasteiger partial charge in [0.25, 0.3) is 0 Å². The first-order valence-electron chi connectivity index (χ1n) is 6.51. The number of anilines is 1. The van der Waals surface area contributed by atoms with Crippen LogP contribution in [0.25, 0.3) is 0 Å². The number of benzene rings is 1. The highest BCUT2D eigenvalue weighted by atomic mass is 16.5. The fourth-order valence-electron chi connectivity index (χ4n) is 1.82. The van der Waals surface area contributed by atoms with Gasteiger partial charge in [0.2, 0.25) is 5.91 Å². The number of nitrogens with zero attached hydrogens (tertiary/aromatic N) is 1. The van der Waals surface area contributed by atoms with E-state index in [9.17, 15) is 9.59 Å². The highest BCUT2D eigenvalue weighted by Crippen LogP contribution is 2.18. The second-order valence-electron chi connectivity index (χ2n) is 4.57. The summed E-state index contributed by atoms with van der Waals surface area (Å²) in [5.41, 5.74) is 1.99. The van der Waals surface area contributed by atoms with E-state index in [-0.39, 0.29) is 11.7 Å². The van der Waals surface area contributed by atoms with Crippen LogP contribution in [0.15, 0.2) is 42.6 Å². The number of aromatic nitrogens is 1. The SMILES string of the molecule is CC(=O)Nc1ccc(COc2cccnc2C(C)=O)cc1. The molecular weight excluding hydrogens is 268 g/mol. The molecule has 0 aliphatic rings. The molecule has 0 saturated heterocycles. The highest BCUT2D eigenvalue weighted by molar-refractivity contribution is 5.94. The van der Waals surface area contributed by atoms with Gasteiger partial charge >= 0.3 is 0 Å². The molecule has 1 aromatic carbocycles. The predicted octanol–water partition coefficient (Wildman–Crippen LogP) is 2.82. The van der Waals surface area contributed by atoms with Gasteiger partial charge in [-0.25, -0.2) is 4.98 Å². The smallest absolute Gasteiger partial charge is 0.221 e. The Kier molecular flexibility index (Phi) is 4.66. The Morgan fingerprint density at radius 1 is 1.14 bits per heavy atom. The van der Waals surface area contributed by atoms with Crippen LogP contribution in [-0.2, 0) is 11.4 Å². The van der Waals surface area contributed by atoms with Crippen LogP contribution in [0.2, 0.25) is 0 Å². The van der Waals surface area contributed by atoms with Crippen molar-refractivity contribution in [2.45, 2.75) is 20.5 Å². The summed E-state index contributed by atoms with van der Waals surface area (Å²) in [6.45, 7) is 3.24. The first-order chi connectivity index (χ1) is 10.1. The molecule has 108 valence electrons. The Morgan fingerprint density at radius 2 is 1.86 bits per heavy atom. The number of pyridine rings is 1. The number of hydrogen-bond acceptors (Lipinski definition) is 4. The molecule has 0 spiro atoms. The fourth-order valence-corrected chi connectivity index (χ4v) is 1.82. The Morgan fingerprint density at radius 3 is 2.48 bits per heavy atom. The average Bonchev–Trinajstić information content (AvgIpc) is 2.46. The summed E-state index contributed by atoms with van der Waals surface area (Å²) in [5.74, 6) is 0.225. The second-order valence-corrected chi connectivity index (χ2v) is 4.57. The van der Waals surface area contributed by atoms with Gasteiger partial charge in [-0.05, 0) is 29.8 Å². The minimum atomic E-state index is -0.133. The fraction of sp³-hybridized carbons (Fsp3) is 0.188. The summed E-state index contributed by atoms with van der Waals surface area (Å²) in [5, 5.41) is 2.70. The highest BCUT2D eigenvalue weighted by Gasteiger charge is 2.09. The monoisotopic (exact) mass is 284 g/mol. The summed E-state index contributed by atoms with van der Waals surface area (Å²) in [7, 11) is 0. The number of Topliss-reactive ketones (excluding diaryl/α,β-unsaturated/α-hetero) is 1. The van der Waals surface area contributed by atoms with Crippen molar-refractivity contribution < 1.29 is 14.3 Å². The molecule has 0 saturated carbocycles. The minimum Gasteiger partial charge on any atom is -0.487 e. The van der Waals surface area contributed by atoms with Gasteiger partial charge in [0.05, 0.1) is 0 Å². The number of carbonyl (C=O) groups is 2. The largest absolute Gasteiger partial charge is 0.487 e. The number of ether oxygens (including phenoxy) is 1. The standard InChI is InChI=1S/C16H16N2O3/c1-11(19)16-15(4-3-9-17-16)21-10-13-5-7-14(8-6-13)18-12(2)20/h3-9H,10H2,1-2H3,(H,18,20). The molecule has 0 fully saturated rings. The molecule has 0 aliphatic carbocycles. The molecule has 0 unspecified atom stereocenters. The van der Waals surface area contributed by atoms with Crippen LogP contribution in [0.4, 0.5) is 5.69 Å². The molecule has 0 atom stereocenters. The molecule has 0 radical (unpaired) electrons. The van der Waals surface area contributed by atoms with Gasteiger partial charge in [0, 0.05) is 25.7 Å². The summed E-state index contributed by atoms with van der Waals surface area (Å²) in [4.78, 5) is 26.4. The molecule has 2 rings (SSSR count). The summed E-state index contributed by atoms with van der Waals surface area (Å²) < 4.78 is 5.63. The average molecular weight is 284 g/mol. The van der Waals surface area contributed by atoms with Crippen LogP contribution in [-0.4, -0.2) is 16.7 Å². The Balaban J connectivity index is 2.03. The Labute approximate surface area is 123 Å². The zero-order valence-electron chi connectivity index (χ0n) is 11.9. The number of hydrogen-bond donors (Lipinski definition) is 1. The van der Waals surface area contributed by atoms with Gasteiger partial charge in [-0.15, -0.1) is 0 Å². The van der Waals surface area contributed by atoms with E-state index in [4.69, 9.17) is 4.74 Å². The van der Waals surface area contributed by atoms with Crippen LogP contribution in [0.3, 0.4) is 0 Å². The van der Waals surface area contributed by atoms with Crippen molar-refractivity contribution in [1.29, 1.82) is 0 Å². The van der Waals surface area contributed by atoms with E-state index in [1.165, 1.54) is 13.8 Å². The third-order valence-corrected chi connectivity index (χ3v) is 2.77. The van der Waals surface area contributed by atoms with Crippen molar-refractivity contribution in [3.8, 4) is 5.75 Å². The van der Waals surface area contributed by atoms with E-state index in [1.54, 1.807) is 30.5 Å². The molecule has 2 aromatic rings. The van der Waals surface area contributed by atoms with E-state index in [0.29, 0.717) is 18.1 Å². The predicted molar refractivity (Wildman–Crippen MR) is 79.3 cm³/mol. The molecule has 0 aliphatic heterocycles. The number of nitrogens with one attached hydrogen (secondary N) is 1. The number of carbonyl (C=O) groups excluding carboxylic acids is 2. The van der Waals surface area contributed by atoms with Crippen LogP contribution in [0.1, 0.15) is 29.9 Å². The van der Waals surface area contributed by atoms with E-state index >= 15 is 0 Å². The van der Waals surface area contributed by atoms with E-state index in [1.807, 2.05) is 12.1 Å². The van der Waals surface area contributed by atoms with Gasteiger partial charge in [-0.3, -0.25) is 9.59 Å². The maximum Gasteiger partial charge on any atom is 0.221 e. The zero-order valence-corrected chi connectivity index (χ0v) is 11.9. The summed E-state index contributed by atoms with van der Waals surface area (Å²) in [6.07, 6.45) is 1.56. The van der Waals surface area contributed by atoms with Gasteiger partial charge in [0.15, 0.2) is 5.78 Å². The minimum absolute atomic E-state index is 0.111. The summed E-state index contributed by atoms with van der Waals surface area (Å²) >= 11 is 0. The van der Waals surface area contributed by atoms with Crippen LogP contribution in [0.5, 0.6) is 5.75 Å². The Bertz CT molecular complexity index is 651. The first-order valence-corrected chi connectivity index (χ1v) is 6.51. The van der Waals surface area contributed by atoms with Crippen LogP contribution >= 0.6 is 0 Å². The second kappa shape index (κ2) is 6.65.